The van der Waals surface area contributed by atoms with Crippen LogP contribution in [-0.4, -0.2) is 11.4 Å². The number of alkyl halides is 2. The molecule has 0 radical (unpaired) electrons. The highest BCUT2D eigenvalue weighted by Gasteiger charge is 2.13. The minimum Gasteiger partial charge on any atom is -0.322 e. The zero-order valence-corrected chi connectivity index (χ0v) is 9.56. The summed E-state index contributed by atoms with van der Waals surface area (Å²) in [6.45, 7) is 0. The fourth-order valence-electron chi connectivity index (χ4n) is 0.943. The molecule has 0 spiro atoms. The average Bonchev–Trinajstić information content (AvgIpc) is 2.03. The molecule has 80 valence electrons. The summed E-state index contributed by atoms with van der Waals surface area (Å²) in [5.41, 5.74) is 5.98. The predicted molar refractivity (Wildman–Crippen MR) is 56.7 cm³/mol. The SMILES string of the molecule is Cl.N[C@@H](CC(F)F)c1cccc(Br)n1. The van der Waals surface area contributed by atoms with E-state index in [-0.39, 0.29) is 18.8 Å². The maximum absolute atomic E-state index is 12.0. The Morgan fingerprint density at radius 1 is 1.43 bits per heavy atom. The van der Waals surface area contributed by atoms with Crippen molar-refractivity contribution in [2.24, 2.45) is 5.73 Å². The molecule has 0 saturated heterocycles. The Labute approximate surface area is 95.4 Å². The van der Waals surface area contributed by atoms with Gasteiger partial charge in [0.1, 0.15) is 4.60 Å². The van der Waals surface area contributed by atoms with Crippen LogP contribution >= 0.6 is 28.3 Å². The van der Waals surface area contributed by atoms with Gasteiger partial charge in [-0.05, 0) is 28.1 Å². The van der Waals surface area contributed by atoms with Crippen molar-refractivity contribution in [1.82, 2.24) is 4.98 Å². The van der Waals surface area contributed by atoms with Gasteiger partial charge in [0.15, 0.2) is 0 Å². The lowest BCUT2D eigenvalue weighted by atomic mass is 10.1. The molecule has 0 unspecified atom stereocenters. The minimum absolute atomic E-state index is 0. The monoisotopic (exact) mass is 286 g/mol. The van der Waals surface area contributed by atoms with Gasteiger partial charge in [-0.1, -0.05) is 6.07 Å². The smallest absolute Gasteiger partial charge is 0.240 e. The second-order valence-electron chi connectivity index (χ2n) is 2.62. The van der Waals surface area contributed by atoms with Crippen molar-refractivity contribution in [3.05, 3.63) is 28.5 Å². The van der Waals surface area contributed by atoms with Gasteiger partial charge < -0.3 is 5.73 Å². The van der Waals surface area contributed by atoms with Crippen LogP contribution in [0.2, 0.25) is 0 Å². The maximum atomic E-state index is 12.0. The lowest BCUT2D eigenvalue weighted by Gasteiger charge is -2.09. The van der Waals surface area contributed by atoms with Gasteiger partial charge in [0.2, 0.25) is 6.43 Å². The molecule has 1 heterocycles. The Bertz CT molecular complexity index is 286. The molecule has 1 rings (SSSR count). The third kappa shape index (κ3) is 4.30. The van der Waals surface area contributed by atoms with Crippen molar-refractivity contribution >= 4 is 28.3 Å². The van der Waals surface area contributed by atoms with Crippen LogP contribution in [0, 0.1) is 0 Å². The van der Waals surface area contributed by atoms with Gasteiger partial charge in [0.25, 0.3) is 0 Å². The van der Waals surface area contributed by atoms with Crippen LogP contribution < -0.4 is 5.73 Å². The van der Waals surface area contributed by atoms with Crippen molar-refractivity contribution < 1.29 is 8.78 Å². The zero-order chi connectivity index (χ0) is 9.84. The molecule has 0 fully saturated rings. The first-order valence-electron chi connectivity index (χ1n) is 3.76. The summed E-state index contributed by atoms with van der Waals surface area (Å²) in [6, 6.07) is 4.38. The number of hydrogen-bond donors (Lipinski definition) is 1. The molecule has 0 aliphatic carbocycles. The van der Waals surface area contributed by atoms with Crippen LogP contribution in [0.1, 0.15) is 18.2 Å². The molecule has 0 aliphatic rings. The summed E-state index contributed by atoms with van der Waals surface area (Å²) in [5, 5.41) is 0. The third-order valence-corrected chi connectivity index (χ3v) is 1.99. The van der Waals surface area contributed by atoms with Gasteiger partial charge in [0, 0.05) is 6.42 Å². The third-order valence-electron chi connectivity index (χ3n) is 1.55. The maximum Gasteiger partial charge on any atom is 0.240 e. The number of halogens is 4. The molecule has 2 nitrogen and oxygen atoms in total. The standard InChI is InChI=1S/C8H9BrF2N2.ClH/c9-7-3-1-2-6(13-7)5(12)4-8(10)11;/h1-3,5,8H,4,12H2;1H/t5-;/m0./s1. The van der Waals surface area contributed by atoms with E-state index in [2.05, 4.69) is 20.9 Å². The van der Waals surface area contributed by atoms with Gasteiger partial charge in [-0.3, -0.25) is 0 Å². The number of aromatic nitrogens is 1. The van der Waals surface area contributed by atoms with E-state index in [0.717, 1.165) is 0 Å². The molecule has 0 amide bonds. The topological polar surface area (TPSA) is 38.9 Å². The highest BCUT2D eigenvalue weighted by Crippen LogP contribution is 2.17. The number of hydrogen-bond acceptors (Lipinski definition) is 2. The Morgan fingerprint density at radius 2 is 2.07 bits per heavy atom. The van der Waals surface area contributed by atoms with E-state index < -0.39 is 12.5 Å². The van der Waals surface area contributed by atoms with Crippen molar-refractivity contribution in [3.8, 4) is 0 Å². The first-order chi connectivity index (χ1) is 6.09. The van der Waals surface area contributed by atoms with Gasteiger partial charge in [-0.15, -0.1) is 12.4 Å². The van der Waals surface area contributed by atoms with Gasteiger partial charge in [-0.25, -0.2) is 13.8 Å². The van der Waals surface area contributed by atoms with E-state index in [1.807, 2.05) is 0 Å². The first-order valence-corrected chi connectivity index (χ1v) is 4.55. The summed E-state index contributed by atoms with van der Waals surface area (Å²) < 4.78 is 24.5. The fraction of sp³-hybridized carbons (Fsp3) is 0.375. The second kappa shape index (κ2) is 6.27. The van der Waals surface area contributed by atoms with Gasteiger partial charge in [-0.2, -0.15) is 0 Å². The Balaban J connectivity index is 0.00000169. The van der Waals surface area contributed by atoms with Crippen LogP contribution in [-0.2, 0) is 0 Å². The molecule has 0 aliphatic heterocycles. The van der Waals surface area contributed by atoms with Crippen LogP contribution in [0.5, 0.6) is 0 Å². The molecule has 14 heavy (non-hydrogen) atoms. The molecule has 6 heteroatoms. The lowest BCUT2D eigenvalue weighted by molar-refractivity contribution is 0.128. The summed E-state index contributed by atoms with van der Waals surface area (Å²) in [7, 11) is 0. The molecular formula is C8H10BrClF2N2. The summed E-state index contributed by atoms with van der Waals surface area (Å²) in [5.74, 6) is 0. The van der Waals surface area contributed by atoms with E-state index in [1.54, 1.807) is 18.2 Å². The summed E-state index contributed by atoms with van der Waals surface area (Å²) in [6.07, 6.45) is -2.75. The van der Waals surface area contributed by atoms with E-state index >= 15 is 0 Å². The summed E-state index contributed by atoms with van der Waals surface area (Å²) in [4.78, 5) is 3.98. The van der Waals surface area contributed by atoms with E-state index in [4.69, 9.17) is 5.73 Å². The van der Waals surface area contributed by atoms with Crippen molar-refractivity contribution in [3.63, 3.8) is 0 Å². The van der Waals surface area contributed by atoms with Crippen molar-refractivity contribution in [1.29, 1.82) is 0 Å². The Hall–Kier alpha value is -0.260. The van der Waals surface area contributed by atoms with Crippen LogP contribution in [0.3, 0.4) is 0 Å². The van der Waals surface area contributed by atoms with Crippen LogP contribution in [0.4, 0.5) is 8.78 Å². The van der Waals surface area contributed by atoms with E-state index in [9.17, 15) is 8.78 Å². The normalized spacial score (nSPS) is 12.4. The molecule has 1 atom stereocenters. The van der Waals surface area contributed by atoms with Crippen molar-refractivity contribution in [2.45, 2.75) is 18.9 Å². The molecule has 1 aromatic rings. The molecule has 0 bridgehead atoms. The Morgan fingerprint density at radius 3 is 2.57 bits per heavy atom. The number of rotatable bonds is 3. The van der Waals surface area contributed by atoms with E-state index in [1.165, 1.54) is 0 Å². The van der Waals surface area contributed by atoms with Gasteiger partial charge in [0.05, 0.1) is 11.7 Å². The molecular weight excluding hydrogens is 277 g/mol. The van der Waals surface area contributed by atoms with Crippen LogP contribution in [0.25, 0.3) is 0 Å². The highest BCUT2D eigenvalue weighted by atomic mass is 79.9. The van der Waals surface area contributed by atoms with Gasteiger partial charge >= 0.3 is 0 Å². The minimum atomic E-state index is -2.39. The zero-order valence-electron chi connectivity index (χ0n) is 7.16. The fourth-order valence-corrected chi connectivity index (χ4v) is 1.30. The second-order valence-corrected chi connectivity index (χ2v) is 3.43. The predicted octanol–water partition coefficient (Wildman–Crippen LogP) is 2.92. The average molecular weight is 288 g/mol. The number of nitrogens with two attached hydrogens (primary N) is 1. The first kappa shape index (κ1) is 13.7. The summed E-state index contributed by atoms with van der Waals surface area (Å²) >= 11 is 3.14. The van der Waals surface area contributed by atoms with Crippen LogP contribution in [0.15, 0.2) is 22.8 Å². The number of pyridine rings is 1. The molecule has 2 N–H and O–H groups in total. The highest BCUT2D eigenvalue weighted by molar-refractivity contribution is 9.10. The van der Waals surface area contributed by atoms with E-state index in [0.29, 0.717) is 10.3 Å². The molecule has 0 saturated carbocycles. The largest absolute Gasteiger partial charge is 0.322 e. The quantitative estimate of drug-likeness (QED) is 0.868. The molecule has 1 aromatic heterocycles. The van der Waals surface area contributed by atoms with Crippen molar-refractivity contribution in [2.75, 3.05) is 0 Å². The molecule has 0 aromatic carbocycles. The Kier molecular flexibility index (Phi) is 6.15. The lowest BCUT2D eigenvalue weighted by Crippen LogP contribution is -2.15. The number of nitrogens with zero attached hydrogens (tertiary/aromatic N) is 1.